The van der Waals surface area contributed by atoms with Crippen LogP contribution in [0.4, 0.5) is 0 Å². The van der Waals surface area contributed by atoms with Gasteiger partial charge in [0.2, 0.25) is 5.91 Å². The molecule has 1 unspecified atom stereocenters. The van der Waals surface area contributed by atoms with Gasteiger partial charge in [0.25, 0.3) is 0 Å². The van der Waals surface area contributed by atoms with Crippen LogP contribution in [-0.4, -0.2) is 46.7 Å². The highest BCUT2D eigenvalue weighted by molar-refractivity contribution is 5.85. The summed E-state index contributed by atoms with van der Waals surface area (Å²) in [4.78, 5) is 27.8. The van der Waals surface area contributed by atoms with E-state index in [0.29, 0.717) is 13.1 Å². The molecule has 4 rings (SSSR count). The highest BCUT2D eigenvalue weighted by atomic mass is 35.5. The normalized spacial score (nSPS) is 16.5. The van der Waals surface area contributed by atoms with Gasteiger partial charge in [-0.2, -0.15) is 0 Å². The van der Waals surface area contributed by atoms with Crippen LogP contribution >= 0.6 is 12.4 Å². The average molecular weight is 417 g/mol. The molecular weight excluding hydrogens is 392 g/mol. The summed E-state index contributed by atoms with van der Waals surface area (Å²) in [6.45, 7) is 1.98. The summed E-state index contributed by atoms with van der Waals surface area (Å²) in [5, 5.41) is 3.36. The molecule has 8 heteroatoms. The Morgan fingerprint density at radius 1 is 1.14 bits per heavy atom. The fourth-order valence-electron chi connectivity index (χ4n) is 3.96. The number of aromatic nitrogens is 2. The van der Waals surface area contributed by atoms with Crippen molar-refractivity contribution in [1.29, 1.82) is 0 Å². The quantitative estimate of drug-likeness (QED) is 0.705. The number of imidazole rings is 1. The summed E-state index contributed by atoms with van der Waals surface area (Å²) in [7, 11) is 3.37. The highest BCUT2D eigenvalue weighted by Crippen LogP contribution is 2.30. The summed E-state index contributed by atoms with van der Waals surface area (Å²) < 4.78 is 8.64. The van der Waals surface area contributed by atoms with E-state index < -0.39 is 0 Å². The lowest BCUT2D eigenvalue weighted by atomic mass is 10.0. The van der Waals surface area contributed by atoms with Crippen molar-refractivity contribution < 1.29 is 9.53 Å². The number of carbonyl (C=O) groups excluding carboxylic acids is 1. The number of nitrogens with one attached hydrogen (secondary N) is 1. The number of fused-ring (bicyclic) bond motifs is 1. The molecule has 1 aliphatic heterocycles. The summed E-state index contributed by atoms with van der Waals surface area (Å²) in [5.41, 5.74) is 2.38. The van der Waals surface area contributed by atoms with E-state index >= 15 is 0 Å². The summed E-state index contributed by atoms with van der Waals surface area (Å²) in [6.07, 6.45) is 0. The highest BCUT2D eigenvalue weighted by Gasteiger charge is 2.30. The van der Waals surface area contributed by atoms with Gasteiger partial charge in [-0.3, -0.25) is 13.9 Å². The molecule has 2 heterocycles. The van der Waals surface area contributed by atoms with Crippen molar-refractivity contribution in [3.05, 3.63) is 64.6 Å². The maximum absolute atomic E-state index is 13.2. The summed E-state index contributed by atoms with van der Waals surface area (Å²) in [6, 6.07) is 15.2. The zero-order valence-electron chi connectivity index (χ0n) is 16.5. The molecule has 1 saturated heterocycles. The van der Waals surface area contributed by atoms with Gasteiger partial charge in [-0.05, 0) is 18.2 Å². The van der Waals surface area contributed by atoms with Crippen LogP contribution in [0.15, 0.2) is 53.3 Å². The Morgan fingerprint density at radius 3 is 2.59 bits per heavy atom. The average Bonchev–Trinajstić information content (AvgIpc) is 2.98. The Balaban J connectivity index is 0.00000240. The Kier molecular flexibility index (Phi) is 6.30. The third-order valence-corrected chi connectivity index (χ3v) is 5.41. The fourth-order valence-corrected chi connectivity index (χ4v) is 3.96. The van der Waals surface area contributed by atoms with Crippen molar-refractivity contribution in [3.63, 3.8) is 0 Å². The number of hydrogen-bond acceptors (Lipinski definition) is 4. The van der Waals surface area contributed by atoms with E-state index in [-0.39, 0.29) is 36.6 Å². The van der Waals surface area contributed by atoms with Gasteiger partial charge in [0.1, 0.15) is 12.3 Å². The first kappa shape index (κ1) is 21.0. The Labute approximate surface area is 175 Å². The Bertz CT molecular complexity index is 1080. The van der Waals surface area contributed by atoms with E-state index in [0.717, 1.165) is 28.9 Å². The number of ether oxygens (including phenoxy) is 1. The molecule has 0 bridgehead atoms. The number of halogens is 1. The van der Waals surface area contributed by atoms with E-state index in [1.165, 1.54) is 0 Å². The lowest BCUT2D eigenvalue weighted by molar-refractivity contribution is -0.135. The number of amides is 1. The maximum Gasteiger partial charge on any atom is 0.329 e. The van der Waals surface area contributed by atoms with Gasteiger partial charge in [-0.15, -0.1) is 12.4 Å². The third kappa shape index (κ3) is 3.75. The molecule has 1 amide bonds. The van der Waals surface area contributed by atoms with Gasteiger partial charge in [0.05, 0.1) is 24.2 Å². The zero-order chi connectivity index (χ0) is 19.7. The molecule has 0 spiro atoms. The van der Waals surface area contributed by atoms with Gasteiger partial charge < -0.3 is 15.0 Å². The van der Waals surface area contributed by atoms with E-state index in [4.69, 9.17) is 4.74 Å². The smallest absolute Gasteiger partial charge is 0.329 e. The summed E-state index contributed by atoms with van der Waals surface area (Å²) in [5.74, 6) is 0.687. The lowest BCUT2D eigenvalue weighted by Gasteiger charge is -2.37. The van der Waals surface area contributed by atoms with Gasteiger partial charge in [-0.25, -0.2) is 4.79 Å². The maximum atomic E-state index is 13.2. The van der Waals surface area contributed by atoms with E-state index in [9.17, 15) is 9.59 Å². The third-order valence-electron chi connectivity index (χ3n) is 5.41. The monoisotopic (exact) mass is 416 g/mol. The zero-order valence-corrected chi connectivity index (χ0v) is 17.3. The van der Waals surface area contributed by atoms with Crippen LogP contribution in [0.5, 0.6) is 5.75 Å². The van der Waals surface area contributed by atoms with Crippen LogP contribution < -0.4 is 15.7 Å². The van der Waals surface area contributed by atoms with Crippen LogP contribution in [0.3, 0.4) is 0 Å². The minimum atomic E-state index is -0.182. The molecule has 1 atom stereocenters. The van der Waals surface area contributed by atoms with Crippen LogP contribution in [0, 0.1) is 0 Å². The van der Waals surface area contributed by atoms with Crippen LogP contribution in [0.25, 0.3) is 11.0 Å². The first-order valence-electron chi connectivity index (χ1n) is 9.39. The molecule has 7 nitrogen and oxygen atoms in total. The van der Waals surface area contributed by atoms with Crippen molar-refractivity contribution in [2.24, 2.45) is 7.05 Å². The molecule has 1 aromatic heterocycles. The SMILES string of the molecule is COc1ccccc1C1CNCCN1C(=O)Cn1c(=O)n(C)c2ccccc21.Cl. The molecule has 0 saturated carbocycles. The van der Waals surface area contributed by atoms with Crippen LogP contribution in [0.2, 0.25) is 0 Å². The van der Waals surface area contributed by atoms with Crippen molar-refractivity contribution >= 4 is 29.3 Å². The second-order valence-corrected chi connectivity index (χ2v) is 6.97. The molecule has 1 aliphatic rings. The first-order chi connectivity index (χ1) is 13.6. The van der Waals surface area contributed by atoms with Crippen LogP contribution in [0.1, 0.15) is 11.6 Å². The lowest BCUT2D eigenvalue weighted by Crippen LogP contribution is -2.50. The number of rotatable bonds is 4. The molecule has 29 heavy (non-hydrogen) atoms. The minimum absolute atomic E-state index is 0. The number of methoxy groups -OCH3 is 1. The molecular formula is C21H25ClN4O3. The molecule has 1 N–H and O–H groups in total. The van der Waals surface area contributed by atoms with E-state index in [2.05, 4.69) is 5.32 Å². The number of carbonyl (C=O) groups is 1. The molecule has 0 radical (unpaired) electrons. The molecule has 1 fully saturated rings. The predicted molar refractivity (Wildman–Crippen MR) is 115 cm³/mol. The Morgan fingerprint density at radius 2 is 1.83 bits per heavy atom. The Hall–Kier alpha value is -2.77. The molecule has 3 aromatic rings. The predicted octanol–water partition coefficient (Wildman–Crippen LogP) is 1.94. The molecule has 0 aliphatic carbocycles. The van der Waals surface area contributed by atoms with E-state index in [1.807, 2.05) is 53.4 Å². The van der Waals surface area contributed by atoms with Gasteiger partial charge >= 0.3 is 5.69 Å². The number of piperazine rings is 1. The number of nitrogens with zero attached hydrogens (tertiary/aromatic N) is 3. The van der Waals surface area contributed by atoms with Crippen molar-refractivity contribution in [1.82, 2.24) is 19.4 Å². The molecule has 154 valence electrons. The molecule has 2 aromatic carbocycles. The number of benzene rings is 2. The van der Waals surface area contributed by atoms with Crippen molar-refractivity contribution in [2.75, 3.05) is 26.7 Å². The second kappa shape index (κ2) is 8.71. The second-order valence-electron chi connectivity index (χ2n) is 6.97. The number of para-hydroxylation sites is 3. The standard InChI is InChI=1S/C21H24N4O3.ClH/c1-23-16-8-4-5-9-17(16)25(21(23)27)14-20(26)24-12-11-22-13-18(24)15-7-3-6-10-19(15)28-2;/h3-10,18,22H,11-14H2,1-2H3;1H. The summed E-state index contributed by atoms with van der Waals surface area (Å²) >= 11 is 0. The minimum Gasteiger partial charge on any atom is -0.496 e. The van der Waals surface area contributed by atoms with Gasteiger partial charge in [-0.1, -0.05) is 30.3 Å². The largest absolute Gasteiger partial charge is 0.496 e. The van der Waals surface area contributed by atoms with Crippen molar-refractivity contribution in [3.8, 4) is 5.75 Å². The van der Waals surface area contributed by atoms with Crippen molar-refractivity contribution in [2.45, 2.75) is 12.6 Å². The van der Waals surface area contributed by atoms with Gasteiger partial charge in [0.15, 0.2) is 0 Å². The first-order valence-corrected chi connectivity index (χ1v) is 9.39. The van der Waals surface area contributed by atoms with Gasteiger partial charge in [0, 0.05) is 32.2 Å². The fraction of sp³-hybridized carbons (Fsp3) is 0.333. The number of hydrogen-bond donors (Lipinski definition) is 1. The van der Waals surface area contributed by atoms with E-state index in [1.54, 1.807) is 23.3 Å². The topological polar surface area (TPSA) is 68.5 Å². The van der Waals surface area contributed by atoms with Crippen LogP contribution in [-0.2, 0) is 18.4 Å². The number of aryl methyl sites for hydroxylation is 1.